The van der Waals surface area contributed by atoms with Crippen molar-refractivity contribution >= 4 is 29.6 Å². The lowest BCUT2D eigenvalue weighted by molar-refractivity contribution is -0.123. The highest BCUT2D eigenvalue weighted by Gasteiger charge is 2.41. The molecule has 1 aromatic rings. The minimum atomic E-state index is -0.0259. The molecule has 2 aliphatic rings. The fourth-order valence-electron chi connectivity index (χ4n) is 2.91. The van der Waals surface area contributed by atoms with Gasteiger partial charge in [0.05, 0.1) is 17.5 Å². The van der Waals surface area contributed by atoms with E-state index in [9.17, 15) is 9.59 Å². The summed E-state index contributed by atoms with van der Waals surface area (Å²) in [5.41, 5.74) is 0.296. The van der Waals surface area contributed by atoms with Crippen molar-refractivity contribution in [1.82, 2.24) is 15.3 Å². The average Bonchev–Trinajstić information content (AvgIpc) is 2.80. The van der Waals surface area contributed by atoms with Crippen LogP contribution in [0.25, 0.3) is 0 Å². The van der Waals surface area contributed by atoms with Gasteiger partial charge < -0.3 is 10.2 Å². The molecule has 2 fully saturated rings. The molecule has 0 bridgehead atoms. The van der Waals surface area contributed by atoms with Gasteiger partial charge in [-0.1, -0.05) is 11.6 Å². The molecule has 0 aromatic carbocycles. The summed E-state index contributed by atoms with van der Waals surface area (Å²) in [5, 5.41) is 3.02. The molecule has 0 aliphatic carbocycles. The number of nitrogens with zero attached hydrogens (tertiary/aromatic N) is 3. The third-order valence-electron chi connectivity index (χ3n) is 3.81. The number of hydrogen-bond acceptors (Lipinski definition) is 5. The molecule has 0 saturated carbocycles. The fourth-order valence-corrected chi connectivity index (χ4v) is 3.08. The zero-order chi connectivity index (χ0) is 13.4. The van der Waals surface area contributed by atoms with Crippen molar-refractivity contribution in [3.8, 4) is 0 Å². The molecule has 100 valence electrons. The van der Waals surface area contributed by atoms with E-state index in [-0.39, 0.29) is 23.0 Å². The van der Waals surface area contributed by atoms with Crippen molar-refractivity contribution in [1.29, 1.82) is 0 Å². The number of hydrogen-bond donors (Lipinski definition) is 1. The van der Waals surface area contributed by atoms with Crippen LogP contribution in [0.1, 0.15) is 23.2 Å². The van der Waals surface area contributed by atoms with Crippen LogP contribution in [0.2, 0.25) is 5.15 Å². The van der Waals surface area contributed by atoms with Gasteiger partial charge in [0, 0.05) is 13.1 Å². The summed E-state index contributed by atoms with van der Waals surface area (Å²) in [6.45, 7) is 1.35. The van der Waals surface area contributed by atoms with Crippen molar-refractivity contribution in [3.05, 3.63) is 17.0 Å². The van der Waals surface area contributed by atoms with Crippen LogP contribution in [-0.2, 0) is 4.79 Å². The van der Waals surface area contributed by atoms with E-state index in [0.29, 0.717) is 24.2 Å². The summed E-state index contributed by atoms with van der Waals surface area (Å²) in [4.78, 5) is 32.9. The van der Waals surface area contributed by atoms with E-state index in [4.69, 9.17) is 11.6 Å². The normalized spacial score (nSPS) is 25.9. The van der Waals surface area contributed by atoms with Crippen molar-refractivity contribution < 1.29 is 9.59 Å². The number of fused-ring (bicyclic) bond motifs is 1. The Morgan fingerprint density at radius 1 is 1.47 bits per heavy atom. The number of aromatic nitrogens is 2. The summed E-state index contributed by atoms with van der Waals surface area (Å²) in [6.07, 6.45) is 3.79. The van der Waals surface area contributed by atoms with Crippen LogP contribution < -0.4 is 10.2 Å². The Labute approximate surface area is 115 Å². The molecule has 19 heavy (non-hydrogen) atoms. The Morgan fingerprint density at radius 3 is 3.11 bits per heavy atom. The first-order valence-corrected chi connectivity index (χ1v) is 6.60. The number of rotatable bonds is 2. The summed E-state index contributed by atoms with van der Waals surface area (Å²) < 4.78 is 0. The van der Waals surface area contributed by atoms with Gasteiger partial charge in [0.15, 0.2) is 6.29 Å². The molecular formula is C12H13ClN4O2. The standard InChI is InChI=1S/C12H13ClN4O2/c13-10-8(5-18)11(16-6-15-10)17-3-1-2-7-9(17)4-14-12(7)19/h5-7,9H,1-4H2,(H,14,19). The second-order valence-corrected chi connectivity index (χ2v) is 5.13. The van der Waals surface area contributed by atoms with Crippen LogP contribution in [0.5, 0.6) is 0 Å². The topological polar surface area (TPSA) is 75.2 Å². The van der Waals surface area contributed by atoms with E-state index in [2.05, 4.69) is 15.3 Å². The molecule has 7 heteroatoms. The molecule has 1 N–H and O–H groups in total. The summed E-state index contributed by atoms with van der Waals surface area (Å²) in [6, 6.07) is 0.0471. The van der Waals surface area contributed by atoms with E-state index in [0.717, 1.165) is 19.4 Å². The quantitative estimate of drug-likeness (QED) is 0.636. The number of carbonyl (C=O) groups is 2. The number of anilines is 1. The molecule has 2 saturated heterocycles. The molecule has 3 rings (SSSR count). The maximum absolute atomic E-state index is 11.7. The van der Waals surface area contributed by atoms with E-state index in [1.165, 1.54) is 6.33 Å². The second kappa shape index (κ2) is 4.77. The van der Waals surface area contributed by atoms with Crippen LogP contribution >= 0.6 is 11.6 Å². The van der Waals surface area contributed by atoms with Gasteiger partial charge in [0.1, 0.15) is 17.3 Å². The molecule has 1 aromatic heterocycles. The zero-order valence-corrected chi connectivity index (χ0v) is 10.9. The van der Waals surface area contributed by atoms with Crippen molar-refractivity contribution in [2.24, 2.45) is 5.92 Å². The number of halogens is 1. The van der Waals surface area contributed by atoms with E-state index in [1.807, 2.05) is 4.90 Å². The highest BCUT2D eigenvalue weighted by atomic mass is 35.5. The van der Waals surface area contributed by atoms with Crippen molar-refractivity contribution in [2.75, 3.05) is 18.0 Å². The van der Waals surface area contributed by atoms with Crippen molar-refractivity contribution in [3.63, 3.8) is 0 Å². The minimum absolute atomic E-state index is 0.0259. The van der Waals surface area contributed by atoms with Gasteiger partial charge in [0.2, 0.25) is 5.91 Å². The number of aldehydes is 1. The molecule has 2 unspecified atom stereocenters. The lowest BCUT2D eigenvalue weighted by Gasteiger charge is -2.37. The summed E-state index contributed by atoms with van der Waals surface area (Å²) >= 11 is 5.93. The molecule has 2 atom stereocenters. The number of nitrogens with one attached hydrogen (secondary N) is 1. The first-order chi connectivity index (χ1) is 9.22. The fraction of sp³-hybridized carbons (Fsp3) is 0.500. The summed E-state index contributed by atoms with van der Waals surface area (Å²) in [5.74, 6) is 0.589. The molecule has 3 heterocycles. The predicted molar refractivity (Wildman–Crippen MR) is 69.3 cm³/mol. The number of carbonyl (C=O) groups excluding carboxylic acids is 2. The molecule has 0 radical (unpaired) electrons. The van der Waals surface area contributed by atoms with Gasteiger partial charge in [-0.05, 0) is 12.8 Å². The maximum atomic E-state index is 11.7. The van der Waals surface area contributed by atoms with Gasteiger partial charge in [-0.15, -0.1) is 0 Å². The predicted octanol–water partition coefficient (Wildman–Crippen LogP) is 0.657. The third kappa shape index (κ3) is 1.96. The highest BCUT2D eigenvalue weighted by molar-refractivity contribution is 6.32. The Morgan fingerprint density at radius 2 is 2.32 bits per heavy atom. The molecule has 2 aliphatic heterocycles. The van der Waals surface area contributed by atoms with E-state index in [1.54, 1.807) is 0 Å². The van der Waals surface area contributed by atoms with E-state index < -0.39 is 0 Å². The monoisotopic (exact) mass is 280 g/mol. The highest BCUT2D eigenvalue weighted by Crippen LogP contribution is 2.32. The zero-order valence-electron chi connectivity index (χ0n) is 10.2. The Hall–Kier alpha value is -1.69. The molecule has 0 spiro atoms. The smallest absolute Gasteiger partial charge is 0.225 e. The first-order valence-electron chi connectivity index (χ1n) is 6.22. The third-order valence-corrected chi connectivity index (χ3v) is 4.11. The first kappa shape index (κ1) is 12.3. The molecular weight excluding hydrogens is 268 g/mol. The Balaban J connectivity index is 2.00. The largest absolute Gasteiger partial charge is 0.354 e. The number of amides is 1. The maximum Gasteiger partial charge on any atom is 0.225 e. The van der Waals surface area contributed by atoms with Gasteiger partial charge in [-0.25, -0.2) is 9.97 Å². The van der Waals surface area contributed by atoms with E-state index >= 15 is 0 Å². The van der Waals surface area contributed by atoms with Crippen LogP contribution in [0.4, 0.5) is 5.82 Å². The molecule has 1 amide bonds. The summed E-state index contributed by atoms with van der Waals surface area (Å²) in [7, 11) is 0. The Kier molecular flexibility index (Phi) is 3.10. The average molecular weight is 281 g/mol. The molecule has 6 nitrogen and oxygen atoms in total. The van der Waals surface area contributed by atoms with Crippen LogP contribution in [-0.4, -0.2) is 41.3 Å². The van der Waals surface area contributed by atoms with Crippen LogP contribution in [0, 0.1) is 5.92 Å². The second-order valence-electron chi connectivity index (χ2n) is 4.77. The lowest BCUT2D eigenvalue weighted by atomic mass is 9.91. The van der Waals surface area contributed by atoms with Gasteiger partial charge in [0.25, 0.3) is 0 Å². The van der Waals surface area contributed by atoms with Crippen LogP contribution in [0.3, 0.4) is 0 Å². The lowest BCUT2D eigenvalue weighted by Crippen LogP contribution is -2.46. The Bertz CT molecular complexity index is 536. The number of piperidine rings is 1. The van der Waals surface area contributed by atoms with Crippen LogP contribution in [0.15, 0.2) is 6.33 Å². The SMILES string of the molecule is O=Cc1c(Cl)ncnc1N1CCCC2C(=O)NCC21. The minimum Gasteiger partial charge on any atom is -0.354 e. The van der Waals surface area contributed by atoms with Gasteiger partial charge in [-0.3, -0.25) is 9.59 Å². The van der Waals surface area contributed by atoms with Crippen molar-refractivity contribution in [2.45, 2.75) is 18.9 Å². The van der Waals surface area contributed by atoms with Gasteiger partial charge in [-0.2, -0.15) is 0 Å². The van der Waals surface area contributed by atoms with Gasteiger partial charge >= 0.3 is 0 Å².